The molecule has 2 N–H and O–H groups in total. The van der Waals surface area contributed by atoms with Gasteiger partial charge < -0.3 is 19.7 Å². The lowest BCUT2D eigenvalue weighted by atomic mass is 9.95. The van der Waals surface area contributed by atoms with Gasteiger partial charge in [-0.2, -0.15) is 0 Å². The van der Waals surface area contributed by atoms with Gasteiger partial charge in [0.15, 0.2) is 0 Å². The fourth-order valence-electron chi connectivity index (χ4n) is 1.55. The Bertz CT molecular complexity index is 194. The van der Waals surface area contributed by atoms with E-state index in [0.717, 1.165) is 0 Å². The van der Waals surface area contributed by atoms with E-state index in [4.69, 9.17) is 10.2 Å². The van der Waals surface area contributed by atoms with Crippen LogP contribution in [0.4, 0.5) is 9.59 Å². The third-order valence-electron chi connectivity index (χ3n) is 2.16. The molecule has 0 saturated heterocycles. The molecule has 1 rings (SSSR count). The number of hydrogen-bond donors (Lipinski definition) is 2. The average Bonchev–Trinajstić information content (AvgIpc) is 2.06. The summed E-state index contributed by atoms with van der Waals surface area (Å²) in [6, 6.07) is 0. The average molecular weight is 204 g/mol. The molecule has 0 bridgehead atoms. The van der Waals surface area contributed by atoms with Crippen molar-refractivity contribution in [3.8, 4) is 0 Å². The molecular weight excluding hydrogens is 192 g/mol. The summed E-state index contributed by atoms with van der Waals surface area (Å²) in [4.78, 5) is 20.4. The first-order valence-corrected chi connectivity index (χ1v) is 4.37. The minimum atomic E-state index is -1.28. The van der Waals surface area contributed by atoms with Gasteiger partial charge in [0.1, 0.15) is 12.2 Å². The van der Waals surface area contributed by atoms with Crippen LogP contribution >= 0.6 is 0 Å². The van der Waals surface area contributed by atoms with Gasteiger partial charge >= 0.3 is 12.3 Å². The minimum absolute atomic E-state index is 0.318. The Labute approximate surface area is 80.4 Å². The number of ether oxygens (including phenoxy) is 2. The van der Waals surface area contributed by atoms with Crippen LogP contribution in [0.3, 0.4) is 0 Å². The molecule has 6 nitrogen and oxygen atoms in total. The van der Waals surface area contributed by atoms with Crippen molar-refractivity contribution in [3.63, 3.8) is 0 Å². The first-order valence-electron chi connectivity index (χ1n) is 4.37. The van der Waals surface area contributed by atoms with E-state index in [9.17, 15) is 9.59 Å². The fraction of sp³-hybridized carbons (Fsp3) is 0.750. The second kappa shape index (κ2) is 4.69. The topological polar surface area (TPSA) is 93.1 Å². The Kier molecular flexibility index (Phi) is 3.55. The summed E-state index contributed by atoms with van der Waals surface area (Å²) in [6.45, 7) is 0. The molecular formula is C8H12O6. The van der Waals surface area contributed by atoms with Gasteiger partial charge in [0, 0.05) is 0 Å². The highest BCUT2D eigenvalue weighted by atomic mass is 16.7. The van der Waals surface area contributed by atoms with Crippen molar-refractivity contribution in [3.05, 3.63) is 0 Å². The van der Waals surface area contributed by atoms with Crippen molar-refractivity contribution in [2.24, 2.45) is 0 Å². The third-order valence-corrected chi connectivity index (χ3v) is 2.16. The van der Waals surface area contributed by atoms with Crippen LogP contribution in [0.25, 0.3) is 0 Å². The standard InChI is InChI=1S/C8H12O6/c9-7(10)13-5-1-2-6(4-3-5)14-8(11)12/h5-6H,1-4H2,(H,9,10)(H,11,12)/t5-,6-. The Hall–Kier alpha value is -1.46. The Morgan fingerprint density at radius 1 is 0.857 bits per heavy atom. The Balaban J connectivity index is 2.24. The zero-order valence-electron chi connectivity index (χ0n) is 7.51. The zero-order chi connectivity index (χ0) is 10.6. The molecule has 6 heteroatoms. The number of carbonyl (C=O) groups is 2. The number of hydrogen-bond acceptors (Lipinski definition) is 4. The highest BCUT2D eigenvalue weighted by Gasteiger charge is 2.25. The van der Waals surface area contributed by atoms with Crippen LogP contribution in [0, 0.1) is 0 Å². The maximum absolute atomic E-state index is 10.2. The lowest BCUT2D eigenvalue weighted by Crippen LogP contribution is -2.29. The van der Waals surface area contributed by atoms with Gasteiger partial charge in [-0.05, 0) is 25.7 Å². The van der Waals surface area contributed by atoms with E-state index in [1.54, 1.807) is 0 Å². The molecule has 0 unspecified atom stereocenters. The van der Waals surface area contributed by atoms with Gasteiger partial charge in [0.05, 0.1) is 0 Å². The van der Waals surface area contributed by atoms with Crippen molar-refractivity contribution in [2.45, 2.75) is 37.9 Å². The fourth-order valence-corrected chi connectivity index (χ4v) is 1.55. The van der Waals surface area contributed by atoms with E-state index in [1.165, 1.54) is 0 Å². The summed E-state index contributed by atoms with van der Waals surface area (Å²) < 4.78 is 9.12. The van der Waals surface area contributed by atoms with E-state index in [2.05, 4.69) is 9.47 Å². The summed E-state index contributed by atoms with van der Waals surface area (Å²) in [5.74, 6) is 0. The van der Waals surface area contributed by atoms with Gasteiger partial charge in [0.25, 0.3) is 0 Å². The molecule has 0 aromatic carbocycles. The monoisotopic (exact) mass is 204 g/mol. The number of rotatable bonds is 2. The van der Waals surface area contributed by atoms with Crippen LogP contribution in [0.15, 0.2) is 0 Å². The molecule has 0 heterocycles. The molecule has 80 valence electrons. The second-order valence-corrected chi connectivity index (χ2v) is 3.17. The Morgan fingerprint density at radius 2 is 1.14 bits per heavy atom. The predicted octanol–water partition coefficient (Wildman–Crippen LogP) is 1.69. The van der Waals surface area contributed by atoms with Gasteiger partial charge in [0.2, 0.25) is 0 Å². The second-order valence-electron chi connectivity index (χ2n) is 3.17. The summed E-state index contributed by atoms with van der Waals surface area (Å²) in [7, 11) is 0. The van der Waals surface area contributed by atoms with E-state index in [-0.39, 0.29) is 12.2 Å². The summed E-state index contributed by atoms with van der Waals surface area (Å²) in [6.07, 6.45) is -1.13. The van der Waals surface area contributed by atoms with Crippen LogP contribution in [0.2, 0.25) is 0 Å². The quantitative estimate of drug-likeness (QED) is 0.665. The van der Waals surface area contributed by atoms with E-state index >= 15 is 0 Å². The van der Waals surface area contributed by atoms with E-state index < -0.39 is 12.3 Å². The highest BCUT2D eigenvalue weighted by molar-refractivity contribution is 5.57. The summed E-state index contributed by atoms with van der Waals surface area (Å²) in [5.41, 5.74) is 0. The van der Waals surface area contributed by atoms with Crippen molar-refractivity contribution in [1.82, 2.24) is 0 Å². The highest BCUT2D eigenvalue weighted by Crippen LogP contribution is 2.23. The molecule has 1 saturated carbocycles. The molecule has 0 atom stereocenters. The van der Waals surface area contributed by atoms with Crippen LogP contribution in [0.1, 0.15) is 25.7 Å². The van der Waals surface area contributed by atoms with E-state index in [0.29, 0.717) is 25.7 Å². The lowest BCUT2D eigenvalue weighted by Gasteiger charge is -2.26. The maximum atomic E-state index is 10.2. The number of carboxylic acid groups (broad SMARTS) is 2. The first-order chi connectivity index (χ1) is 6.58. The summed E-state index contributed by atoms with van der Waals surface area (Å²) >= 11 is 0. The SMILES string of the molecule is O=C(O)O[C@H]1CC[C@H](OC(=O)O)CC1. The van der Waals surface area contributed by atoms with Crippen molar-refractivity contribution < 1.29 is 29.3 Å². The van der Waals surface area contributed by atoms with Crippen molar-refractivity contribution in [2.75, 3.05) is 0 Å². The van der Waals surface area contributed by atoms with Gasteiger partial charge in [-0.25, -0.2) is 9.59 Å². The largest absolute Gasteiger partial charge is 0.506 e. The molecule has 0 aliphatic heterocycles. The molecule has 0 aromatic rings. The van der Waals surface area contributed by atoms with Crippen molar-refractivity contribution >= 4 is 12.3 Å². The molecule has 0 amide bonds. The van der Waals surface area contributed by atoms with Crippen molar-refractivity contribution in [1.29, 1.82) is 0 Å². The smallest absolute Gasteiger partial charge is 0.450 e. The van der Waals surface area contributed by atoms with Gasteiger partial charge in [-0.15, -0.1) is 0 Å². The molecule has 0 spiro atoms. The molecule has 1 aliphatic rings. The molecule has 14 heavy (non-hydrogen) atoms. The molecule has 1 aliphatic carbocycles. The Morgan fingerprint density at radius 3 is 1.36 bits per heavy atom. The minimum Gasteiger partial charge on any atom is -0.450 e. The molecule has 0 radical (unpaired) electrons. The van der Waals surface area contributed by atoms with E-state index in [1.807, 2.05) is 0 Å². The molecule has 1 fully saturated rings. The third kappa shape index (κ3) is 3.51. The molecule has 0 aromatic heterocycles. The van der Waals surface area contributed by atoms with Gasteiger partial charge in [-0.3, -0.25) is 0 Å². The maximum Gasteiger partial charge on any atom is 0.506 e. The lowest BCUT2D eigenvalue weighted by molar-refractivity contribution is -0.00911. The van der Waals surface area contributed by atoms with Gasteiger partial charge in [-0.1, -0.05) is 0 Å². The van der Waals surface area contributed by atoms with Crippen LogP contribution < -0.4 is 0 Å². The van der Waals surface area contributed by atoms with Crippen LogP contribution in [-0.4, -0.2) is 34.7 Å². The van der Waals surface area contributed by atoms with Crippen LogP contribution in [0.5, 0.6) is 0 Å². The summed E-state index contributed by atoms with van der Waals surface area (Å²) in [5, 5.41) is 16.7. The van der Waals surface area contributed by atoms with Crippen LogP contribution in [-0.2, 0) is 9.47 Å². The zero-order valence-corrected chi connectivity index (χ0v) is 7.51. The first kappa shape index (κ1) is 10.6. The normalized spacial score (nSPS) is 26.6. The predicted molar refractivity (Wildman–Crippen MR) is 44.3 cm³/mol.